The van der Waals surface area contributed by atoms with Gasteiger partial charge in [-0.25, -0.2) is 4.79 Å². The maximum absolute atomic E-state index is 13.7. The highest BCUT2D eigenvalue weighted by molar-refractivity contribution is 5.95. The predicted octanol–water partition coefficient (Wildman–Crippen LogP) is 1.44. The second kappa shape index (κ2) is 15.5. The summed E-state index contributed by atoms with van der Waals surface area (Å²) < 4.78 is 0. The monoisotopic (exact) mass is 609 g/mol. The number of fused-ring (bicyclic) bond motifs is 1. The topological polar surface area (TPSA) is 224 Å². The second-order valence-electron chi connectivity index (χ2n) is 10.8. The third-order valence-electron chi connectivity index (χ3n) is 7.52. The minimum atomic E-state index is -1.24. The van der Waals surface area contributed by atoms with Gasteiger partial charge < -0.3 is 42.0 Å². The Morgan fingerprint density at radius 1 is 0.864 bits per heavy atom. The minimum absolute atomic E-state index is 0.000707. The number of aromatic amines is 1. The van der Waals surface area contributed by atoms with Crippen molar-refractivity contribution in [3.63, 3.8) is 0 Å². The van der Waals surface area contributed by atoms with E-state index in [9.17, 15) is 34.2 Å². The Hall–Kier alpha value is -4.91. The average molecular weight is 610 g/mol. The molecule has 0 saturated carbocycles. The molecule has 0 spiro atoms. The van der Waals surface area contributed by atoms with Gasteiger partial charge in [0.05, 0.1) is 6.04 Å². The fourth-order valence-corrected chi connectivity index (χ4v) is 4.70. The van der Waals surface area contributed by atoms with Gasteiger partial charge in [0.25, 0.3) is 0 Å². The number of phenols is 1. The Bertz CT molecular complexity index is 1470. The number of aromatic nitrogens is 1. The van der Waals surface area contributed by atoms with Crippen molar-refractivity contribution in [1.29, 1.82) is 0 Å². The van der Waals surface area contributed by atoms with E-state index in [1.54, 1.807) is 32.2 Å². The van der Waals surface area contributed by atoms with E-state index < -0.39 is 59.7 Å². The van der Waals surface area contributed by atoms with Crippen molar-refractivity contribution in [2.24, 2.45) is 11.7 Å². The van der Waals surface area contributed by atoms with E-state index >= 15 is 0 Å². The molecule has 44 heavy (non-hydrogen) atoms. The Labute approximate surface area is 254 Å². The number of benzene rings is 2. The van der Waals surface area contributed by atoms with Gasteiger partial charge in [-0.3, -0.25) is 19.2 Å². The second-order valence-corrected chi connectivity index (χ2v) is 10.8. The normalized spacial score (nSPS) is 14.5. The van der Waals surface area contributed by atoms with Gasteiger partial charge in [0.15, 0.2) is 0 Å². The van der Waals surface area contributed by atoms with Crippen molar-refractivity contribution < 1.29 is 39.3 Å². The minimum Gasteiger partial charge on any atom is -0.508 e. The number of hydrogen-bond donors (Lipinski definition) is 8. The van der Waals surface area contributed by atoms with Gasteiger partial charge in [-0.15, -0.1) is 0 Å². The number of carbonyl (C=O) groups excluding carboxylic acids is 3. The molecule has 1 heterocycles. The molecule has 13 heteroatoms. The molecule has 2 aromatic carbocycles. The van der Waals surface area contributed by atoms with E-state index in [0.29, 0.717) is 17.5 Å². The van der Waals surface area contributed by atoms with Gasteiger partial charge in [-0.05, 0) is 41.7 Å². The van der Waals surface area contributed by atoms with Crippen LogP contribution in [0.5, 0.6) is 5.75 Å². The Morgan fingerprint density at radius 2 is 1.48 bits per heavy atom. The summed E-state index contributed by atoms with van der Waals surface area (Å²) in [6, 6.07) is 8.45. The summed E-state index contributed by atoms with van der Waals surface area (Å²) in [5.41, 5.74) is 7.96. The Balaban J connectivity index is 1.91. The average Bonchev–Trinajstić information content (AvgIpc) is 3.40. The summed E-state index contributed by atoms with van der Waals surface area (Å²) in [6.07, 6.45) is 1.64. The summed E-state index contributed by atoms with van der Waals surface area (Å²) in [7, 11) is 0. The van der Waals surface area contributed by atoms with Gasteiger partial charge in [-0.1, -0.05) is 50.6 Å². The van der Waals surface area contributed by atoms with E-state index in [2.05, 4.69) is 20.9 Å². The molecule has 0 aliphatic carbocycles. The number of rotatable bonds is 16. The van der Waals surface area contributed by atoms with Crippen molar-refractivity contribution in [3.8, 4) is 5.75 Å². The van der Waals surface area contributed by atoms with Crippen LogP contribution < -0.4 is 21.7 Å². The third-order valence-corrected chi connectivity index (χ3v) is 7.52. The first-order chi connectivity index (χ1) is 20.9. The van der Waals surface area contributed by atoms with Crippen LogP contribution in [0.4, 0.5) is 0 Å². The van der Waals surface area contributed by atoms with Crippen LogP contribution in [0.2, 0.25) is 0 Å². The van der Waals surface area contributed by atoms with Crippen LogP contribution in [-0.4, -0.2) is 74.1 Å². The van der Waals surface area contributed by atoms with Crippen LogP contribution in [-0.2, 0) is 36.8 Å². The molecule has 0 saturated heterocycles. The molecule has 1 aromatic heterocycles. The molecule has 0 aliphatic rings. The van der Waals surface area contributed by atoms with Crippen molar-refractivity contribution in [1.82, 2.24) is 20.9 Å². The van der Waals surface area contributed by atoms with Gasteiger partial charge in [0.2, 0.25) is 17.7 Å². The first-order valence-electron chi connectivity index (χ1n) is 14.3. The number of aromatic hydroxyl groups is 1. The molecule has 9 N–H and O–H groups in total. The lowest BCUT2D eigenvalue weighted by atomic mass is 9.97. The van der Waals surface area contributed by atoms with Crippen LogP contribution in [0.1, 0.15) is 44.2 Å². The lowest BCUT2D eigenvalue weighted by Crippen LogP contribution is -2.58. The number of nitrogens with one attached hydrogen (secondary N) is 4. The molecular weight excluding hydrogens is 570 g/mol. The van der Waals surface area contributed by atoms with Gasteiger partial charge in [-0.2, -0.15) is 0 Å². The number of hydrogen-bond acceptors (Lipinski definition) is 7. The summed E-state index contributed by atoms with van der Waals surface area (Å²) in [5.74, 6) is -4.96. The van der Waals surface area contributed by atoms with Crippen LogP contribution in [0.15, 0.2) is 54.7 Å². The first-order valence-corrected chi connectivity index (χ1v) is 14.3. The van der Waals surface area contributed by atoms with Crippen LogP contribution in [0.3, 0.4) is 0 Å². The smallest absolute Gasteiger partial charge is 0.326 e. The molecule has 236 valence electrons. The predicted molar refractivity (Wildman–Crippen MR) is 162 cm³/mol. The van der Waals surface area contributed by atoms with E-state index in [1.807, 2.05) is 24.3 Å². The largest absolute Gasteiger partial charge is 0.508 e. The number of nitrogens with two attached hydrogens (primary N) is 1. The third kappa shape index (κ3) is 9.30. The molecule has 0 aliphatic heterocycles. The molecule has 3 rings (SSSR count). The van der Waals surface area contributed by atoms with E-state index in [1.165, 1.54) is 12.1 Å². The first kappa shape index (κ1) is 33.6. The molecule has 3 aromatic rings. The highest BCUT2D eigenvalue weighted by Crippen LogP contribution is 2.20. The molecular formula is C31H39N5O8. The zero-order chi connectivity index (χ0) is 32.4. The highest BCUT2D eigenvalue weighted by Gasteiger charge is 2.32. The van der Waals surface area contributed by atoms with Gasteiger partial charge in [0.1, 0.15) is 23.9 Å². The zero-order valence-electron chi connectivity index (χ0n) is 24.6. The van der Waals surface area contributed by atoms with Crippen LogP contribution in [0.25, 0.3) is 10.9 Å². The van der Waals surface area contributed by atoms with E-state index in [0.717, 1.165) is 10.9 Å². The number of amides is 3. The number of carboxylic acid groups (broad SMARTS) is 2. The lowest BCUT2D eigenvalue weighted by Gasteiger charge is -2.26. The molecule has 5 atom stereocenters. The molecule has 0 radical (unpaired) electrons. The quantitative estimate of drug-likeness (QED) is 0.117. The summed E-state index contributed by atoms with van der Waals surface area (Å²) >= 11 is 0. The van der Waals surface area contributed by atoms with Crippen molar-refractivity contribution in [2.75, 3.05) is 0 Å². The molecule has 13 nitrogen and oxygen atoms in total. The van der Waals surface area contributed by atoms with E-state index in [-0.39, 0.29) is 31.4 Å². The standard InChI is InChI=1S/C31H39N5O8/c1-3-17(2)27(31(43)44)36-30(42)25(15-19-16-33-23-7-5-4-6-21(19)23)35-29(41)24(14-18-8-10-20(37)11-9-18)34-28(40)22(32)12-13-26(38)39/h4-11,16-17,22,24-25,27,33,37H,3,12-15,32H2,1-2H3,(H,34,40)(H,35,41)(H,36,42)(H,38,39)(H,43,44). The summed E-state index contributed by atoms with van der Waals surface area (Å²) in [6.45, 7) is 3.50. The van der Waals surface area contributed by atoms with Gasteiger partial charge in [0, 0.05) is 36.4 Å². The fraction of sp³-hybridized carbons (Fsp3) is 0.387. The highest BCUT2D eigenvalue weighted by atomic mass is 16.4. The number of aliphatic carboxylic acids is 2. The molecule has 0 fully saturated rings. The van der Waals surface area contributed by atoms with Gasteiger partial charge >= 0.3 is 11.9 Å². The lowest BCUT2D eigenvalue weighted by molar-refractivity contribution is -0.144. The number of phenolic OH excluding ortho intramolecular Hbond substituents is 1. The number of H-pyrrole nitrogens is 1. The zero-order valence-corrected chi connectivity index (χ0v) is 24.6. The number of carboxylic acids is 2. The van der Waals surface area contributed by atoms with Crippen molar-refractivity contribution in [3.05, 3.63) is 65.9 Å². The number of carbonyl (C=O) groups is 5. The molecule has 5 unspecified atom stereocenters. The maximum Gasteiger partial charge on any atom is 0.326 e. The number of para-hydroxylation sites is 1. The van der Waals surface area contributed by atoms with Crippen LogP contribution >= 0.6 is 0 Å². The summed E-state index contributed by atoms with van der Waals surface area (Å²) in [4.78, 5) is 66.2. The molecule has 3 amide bonds. The van der Waals surface area contributed by atoms with Crippen LogP contribution in [0, 0.1) is 5.92 Å². The van der Waals surface area contributed by atoms with E-state index in [4.69, 9.17) is 10.8 Å². The SMILES string of the molecule is CCC(C)C(NC(=O)C(Cc1c[nH]c2ccccc12)NC(=O)C(Cc1ccc(O)cc1)NC(=O)C(N)CCC(=O)O)C(=O)O. The summed E-state index contributed by atoms with van der Waals surface area (Å²) in [5, 5.41) is 37.0. The van der Waals surface area contributed by atoms with Crippen molar-refractivity contribution >= 4 is 40.6 Å². The maximum atomic E-state index is 13.7. The van der Waals surface area contributed by atoms with Crippen molar-refractivity contribution in [2.45, 2.75) is 70.1 Å². The Morgan fingerprint density at radius 3 is 2.11 bits per heavy atom. The Kier molecular flexibility index (Phi) is 11.9. The fourth-order valence-electron chi connectivity index (χ4n) is 4.70. The molecule has 0 bridgehead atoms.